The van der Waals surface area contributed by atoms with E-state index in [9.17, 15) is 4.79 Å². The van der Waals surface area contributed by atoms with Crippen LogP contribution >= 0.6 is 11.3 Å². The first-order chi connectivity index (χ1) is 12.5. The van der Waals surface area contributed by atoms with Gasteiger partial charge in [0.1, 0.15) is 5.82 Å². The Hall–Kier alpha value is -2.60. The summed E-state index contributed by atoms with van der Waals surface area (Å²) in [6.45, 7) is 4.77. The molecular weight excluding hydrogens is 344 g/mol. The fourth-order valence-corrected chi connectivity index (χ4v) is 3.81. The van der Waals surface area contributed by atoms with Gasteiger partial charge in [-0.2, -0.15) is 5.10 Å². The first kappa shape index (κ1) is 18.2. The first-order valence-electron chi connectivity index (χ1n) is 8.66. The summed E-state index contributed by atoms with van der Waals surface area (Å²) in [5.41, 5.74) is 3.47. The number of carbonyl (C=O) groups is 1. The summed E-state index contributed by atoms with van der Waals surface area (Å²) in [4.78, 5) is 16.6. The van der Waals surface area contributed by atoms with Crippen LogP contribution in [0, 0.1) is 6.92 Å². The Kier molecular flexibility index (Phi) is 5.42. The second kappa shape index (κ2) is 7.74. The van der Waals surface area contributed by atoms with E-state index in [1.54, 1.807) is 17.5 Å². The van der Waals surface area contributed by atoms with Gasteiger partial charge in [0.2, 0.25) is 0 Å². The van der Waals surface area contributed by atoms with Crippen LogP contribution in [-0.2, 0) is 13.0 Å². The quantitative estimate of drug-likeness (QED) is 0.710. The van der Waals surface area contributed by atoms with Gasteiger partial charge in [-0.15, -0.1) is 11.3 Å². The van der Waals surface area contributed by atoms with Crippen LogP contribution in [0.5, 0.6) is 0 Å². The van der Waals surface area contributed by atoms with Crippen LogP contribution < -0.4 is 10.2 Å². The lowest BCUT2D eigenvalue weighted by atomic mass is 10.2. The summed E-state index contributed by atoms with van der Waals surface area (Å²) in [6, 6.07) is 12.1. The minimum absolute atomic E-state index is 0.0810. The zero-order valence-corrected chi connectivity index (χ0v) is 16.4. The second-order valence-corrected chi connectivity index (χ2v) is 7.60. The standard InChI is InChI=1S/C20H24N4OS/c1-5-17-14(2)12-18(26-17)20(25)22-19-10-11-21-24(19)13-15-6-8-16(9-7-15)23(3)4/h6-12H,5,13H2,1-4H3,(H,22,25). The number of benzene rings is 1. The highest BCUT2D eigenvalue weighted by Crippen LogP contribution is 2.23. The number of nitrogens with one attached hydrogen (secondary N) is 1. The molecule has 1 amide bonds. The van der Waals surface area contributed by atoms with Crippen LogP contribution in [-0.4, -0.2) is 29.8 Å². The van der Waals surface area contributed by atoms with Gasteiger partial charge in [-0.05, 0) is 42.7 Å². The Morgan fingerprint density at radius 2 is 1.96 bits per heavy atom. The molecule has 0 unspecified atom stereocenters. The topological polar surface area (TPSA) is 50.2 Å². The maximum Gasteiger partial charge on any atom is 0.266 e. The van der Waals surface area contributed by atoms with Gasteiger partial charge >= 0.3 is 0 Å². The number of anilines is 2. The molecule has 2 heterocycles. The smallest absolute Gasteiger partial charge is 0.266 e. The molecular formula is C20H24N4OS. The van der Waals surface area contributed by atoms with E-state index in [0.717, 1.165) is 22.5 Å². The van der Waals surface area contributed by atoms with Crippen molar-refractivity contribution in [1.29, 1.82) is 0 Å². The van der Waals surface area contributed by atoms with Crippen molar-refractivity contribution in [3.63, 3.8) is 0 Å². The molecule has 2 aromatic heterocycles. The molecule has 0 aliphatic rings. The average molecular weight is 369 g/mol. The molecule has 0 saturated heterocycles. The lowest BCUT2D eigenvalue weighted by molar-refractivity contribution is 0.102. The highest BCUT2D eigenvalue weighted by molar-refractivity contribution is 7.14. The number of rotatable bonds is 6. The van der Waals surface area contributed by atoms with Crippen molar-refractivity contribution in [1.82, 2.24) is 9.78 Å². The van der Waals surface area contributed by atoms with Crippen molar-refractivity contribution in [3.8, 4) is 0 Å². The molecule has 0 fully saturated rings. The normalized spacial score (nSPS) is 10.8. The summed E-state index contributed by atoms with van der Waals surface area (Å²) in [5.74, 6) is 0.623. The van der Waals surface area contributed by atoms with Crippen LogP contribution in [0.2, 0.25) is 0 Å². The number of carbonyl (C=O) groups excluding carboxylic acids is 1. The van der Waals surface area contributed by atoms with Gasteiger partial charge in [-0.25, -0.2) is 4.68 Å². The molecule has 0 saturated carbocycles. The Labute approximate surface area is 158 Å². The third kappa shape index (κ3) is 3.96. The van der Waals surface area contributed by atoms with Crippen molar-refractivity contribution in [2.24, 2.45) is 0 Å². The predicted molar refractivity (Wildman–Crippen MR) is 108 cm³/mol. The van der Waals surface area contributed by atoms with Gasteiger partial charge in [-0.3, -0.25) is 4.79 Å². The van der Waals surface area contributed by atoms with Crippen LogP contribution in [0.3, 0.4) is 0 Å². The van der Waals surface area contributed by atoms with E-state index >= 15 is 0 Å². The van der Waals surface area contributed by atoms with Gasteiger partial charge in [0.25, 0.3) is 5.91 Å². The maximum absolute atomic E-state index is 12.6. The Balaban J connectivity index is 1.72. The van der Waals surface area contributed by atoms with Gasteiger partial charge in [0.05, 0.1) is 17.6 Å². The number of amides is 1. The molecule has 136 valence electrons. The van der Waals surface area contributed by atoms with Crippen molar-refractivity contribution in [2.45, 2.75) is 26.8 Å². The molecule has 1 aromatic carbocycles. The van der Waals surface area contributed by atoms with E-state index in [2.05, 4.69) is 46.5 Å². The van der Waals surface area contributed by atoms with E-state index in [4.69, 9.17) is 0 Å². The minimum atomic E-state index is -0.0810. The van der Waals surface area contributed by atoms with Crippen LogP contribution in [0.25, 0.3) is 0 Å². The molecule has 1 N–H and O–H groups in total. The summed E-state index contributed by atoms with van der Waals surface area (Å²) in [6.07, 6.45) is 2.66. The zero-order valence-electron chi connectivity index (χ0n) is 15.6. The molecule has 0 spiro atoms. The molecule has 3 rings (SSSR count). The molecule has 5 nitrogen and oxygen atoms in total. The third-order valence-corrected chi connectivity index (χ3v) is 5.69. The monoisotopic (exact) mass is 368 g/mol. The van der Waals surface area contributed by atoms with E-state index in [-0.39, 0.29) is 5.91 Å². The Morgan fingerprint density at radius 1 is 1.23 bits per heavy atom. The molecule has 0 aliphatic carbocycles. The lowest BCUT2D eigenvalue weighted by Crippen LogP contribution is -2.15. The van der Waals surface area contributed by atoms with Gasteiger partial charge in [-0.1, -0.05) is 19.1 Å². The third-order valence-electron chi connectivity index (χ3n) is 4.31. The van der Waals surface area contributed by atoms with Crippen molar-refractivity contribution < 1.29 is 4.79 Å². The second-order valence-electron chi connectivity index (χ2n) is 6.46. The van der Waals surface area contributed by atoms with Crippen LogP contribution in [0.1, 0.15) is 32.6 Å². The predicted octanol–water partition coefficient (Wildman–Crippen LogP) is 4.18. The van der Waals surface area contributed by atoms with Crippen molar-refractivity contribution in [3.05, 3.63) is 63.5 Å². The number of aryl methyl sites for hydroxylation is 2. The van der Waals surface area contributed by atoms with Gasteiger partial charge in [0.15, 0.2) is 0 Å². The largest absolute Gasteiger partial charge is 0.378 e. The van der Waals surface area contributed by atoms with Gasteiger partial charge in [0, 0.05) is 30.7 Å². The van der Waals surface area contributed by atoms with Crippen molar-refractivity contribution in [2.75, 3.05) is 24.3 Å². The number of thiophene rings is 1. The summed E-state index contributed by atoms with van der Waals surface area (Å²) in [5, 5.41) is 7.33. The summed E-state index contributed by atoms with van der Waals surface area (Å²) < 4.78 is 1.81. The lowest BCUT2D eigenvalue weighted by Gasteiger charge is -2.13. The van der Waals surface area contributed by atoms with Gasteiger partial charge < -0.3 is 10.2 Å². The Bertz CT molecular complexity index is 893. The van der Waals surface area contributed by atoms with E-state index in [0.29, 0.717) is 12.4 Å². The summed E-state index contributed by atoms with van der Waals surface area (Å²) in [7, 11) is 4.04. The summed E-state index contributed by atoms with van der Waals surface area (Å²) >= 11 is 1.56. The molecule has 0 bridgehead atoms. The van der Waals surface area contributed by atoms with Crippen LogP contribution in [0.4, 0.5) is 11.5 Å². The Morgan fingerprint density at radius 3 is 2.58 bits per heavy atom. The SMILES string of the molecule is CCc1sc(C(=O)Nc2ccnn2Cc2ccc(N(C)C)cc2)cc1C. The average Bonchev–Trinajstić information content (AvgIpc) is 3.21. The highest BCUT2D eigenvalue weighted by Gasteiger charge is 2.14. The molecule has 26 heavy (non-hydrogen) atoms. The number of hydrogen-bond acceptors (Lipinski definition) is 4. The highest BCUT2D eigenvalue weighted by atomic mass is 32.1. The fraction of sp³-hybridized carbons (Fsp3) is 0.300. The fourth-order valence-electron chi connectivity index (χ4n) is 2.80. The van der Waals surface area contributed by atoms with E-state index in [1.807, 2.05) is 37.8 Å². The van der Waals surface area contributed by atoms with E-state index in [1.165, 1.54) is 10.4 Å². The number of hydrogen-bond donors (Lipinski definition) is 1. The molecule has 0 aliphatic heterocycles. The minimum Gasteiger partial charge on any atom is -0.378 e. The zero-order chi connectivity index (χ0) is 18.7. The molecule has 3 aromatic rings. The first-order valence-corrected chi connectivity index (χ1v) is 9.48. The van der Waals surface area contributed by atoms with Crippen LogP contribution in [0.15, 0.2) is 42.6 Å². The number of nitrogens with zero attached hydrogens (tertiary/aromatic N) is 3. The van der Waals surface area contributed by atoms with E-state index < -0.39 is 0 Å². The number of aromatic nitrogens is 2. The molecule has 0 atom stereocenters. The van der Waals surface area contributed by atoms with Crippen molar-refractivity contribution >= 4 is 28.7 Å². The maximum atomic E-state index is 12.6. The molecule has 0 radical (unpaired) electrons. The molecule has 6 heteroatoms.